The molecule has 0 radical (unpaired) electrons. The normalized spacial score (nSPS) is 10.4. The molecule has 3 rings (SSSR count). The fourth-order valence-corrected chi connectivity index (χ4v) is 2.07. The van der Waals surface area contributed by atoms with E-state index in [4.69, 9.17) is 8.94 Å². The highest BCUT2D eigenvalue weighted by Gasteiger charge is 2.13. The smallest absolute Gasteiger partial charge is 0.273 e. The third-order valence-corrected chi connectivity index (χ3v) is 3.39. The average molecular weight is 341 g/mol. The van der Waals surface area contributed by atoms with Gasteiger partial charge in [0, 0.05) is 30.8 Å². The molecule has 0 unspecified atom stereocenters. The lowest BCUT2D eigenvalue weighted by atomic mass is 10.2. The number of pyridine rings is 1. The molecule has 0 saturated carbocycles. The molecule has 9 nitrogen and oxygen atoms in total. The van der Waals surface area contributed by atoms with Crippen molar-refractivity contribution in [2.75, 3.05) is 0 Å². The maximum absolute atomic E-state index is 11.8. The van der Waals surface area contributed by atoms with Crippen LogP contribution < -0.4 is 10.9 Å². The summed E-state index contributed by atoms with van der Waals surface area (Å²) in [6, 6.07) is 5.04. The highest BCUT2D eigenvalue weighted by molar-refractivity contribution is 5.96. The summed E-state index contributed by atoms with van der Waals surface area (Å²) in [7, 11) is 0. The van der Waals surface area contributed by atoms with E-state index in [0.29, 0.717) is 23.0 Å². The number of aryl methyl sites for hydroxylation is 2. The third-order valence-electron chi connectivity index (χ3n) is 3.39. The van der Waals surface area contributed by atoms with Gasteiger partial charge in [-0.1, -0.05) is 5.16 Å². The number of hydrogen-bond acceptors (Lipinski definition) is 7. The summed E-state index contributed by atoms with van der Waals surface area (Å²) in [5, 5.41) is 3.86. The van der Waals surface area contributed by atoms with Crippen molar-refractivity contribution in [3.63, 3.8) is 0 Å². The van der Waals surface area contributed by atoms with Crippen molar-refractivity contribution in [2.45, 2.75) is 19.8 Å². The molecule has 0 atom stereocenters. The highest BCUT2D eigenvalue weighted by atomic mass is 16.5. The monoisotopic (exact) mass is 341 g/mol. The van der Waals surface area contributed by atoms with E-state index in [2.05, 4.69) is 26.0 Å². The third kappa shape index (κ3) is 4.08. The number of amides is 2. The van der Waals surface area contributed by atoms with Gasteiger partial charge in [0.15, 0.2) is 0 Å². The van der Waals surface area contributed by atoms with Gasteiger partial charge >= 0.3 is 0 Å². The summed E-state index contributed by atoms with van der Waals surface area (Å²) in [6.45, 7) is 1.66. The lowest BCUT2D eigenvalue weighted by Crippen LogP contribution is -2.41. The van der Waals surface area contributed by atoms with Crippen molar-refractivity contribution < 1.29 is 18.5 Å². The Labute approximate surface area is 142 Å². The van der Waals surface area contributed by atoms with Gasteiger partial charge in [-0.05, 0) is 25.1 Å². The fraction of sp³-hybridized carbons (Fsp3) is 0.188. The standard InChI is InChI=1S/C16H15N5O4/c1-10-12(6-9-24-10)16(23)20-19-13(22)2-3-14-18-15(21-25-14)11-4-7-17-8-5-11/h4-9H,2-3H2,1H3,(H,19,22)(H,20,23). The molecule has 0 aromatic carbocycles. The van der Waals surface area contributed by atoms with Gasteiger partial charge in [-0.15, -0.1) is 0 Å². The van der Waals surface area contributed by atoms with Crippen LogP contribution in [0.3, 0.4) is 0 Å². The van der Waals surface area contributed by atoms with Crippen molar-refractivity contribution in [3.05, 3.63) is 54.1 Å². The summed E-state index contributed by atoms with van der Waals surface area (Å²) >= 11 is 0. The molecule has 128 valence electrons. The van der Waals surface area contributed by atoms with Crippen LogP contribution in [0.25, 0.3) is 11.4 Å². The minimum atomic E-state index is -0.447. The zero-order valence-electron chi connectivity index (χ0n) is 13.4. The van der Waals surface area contributed by atoms with Crippen molar-refractivity contribution in [3.8, 4) is 11.4 Å². The Hall–Kier alpha value is -3.49. The first-order valence-corrected chi connectivity index (χ1v) is 7.50. The average Bonchev–Trinajstić information content (AvgIpc) is 3.27. The van der Waals surface area contributed by atoms with E-state index in [1.807, 2.05) is 0 Å². The van der Waals surface area contributed by atoms with Crippen molar-refractivity contribution >= 4 is 11.8 Å². The highest BCUT2D eigenvalue weighted by Crippen LogP contribution is 2.14. The van der Waals surface area contributed by atoms with E-state index in [1.54, 1.807) is 31.5 Å². The Morgan fingerprint density at radius 1 is 1.16 bits per heavy atom. The maximum atomic E-state index is 11.8. The fourth-order valence-electron chi connectivity index (χ4n) is 2.07. The van der Waals surface area contributed by atoms with Crippen LogP contribution >= 0.6 is 0 Å². The first kappa shape index (κ1) is 16.4. The quantitative estimate of drug-likeness (QED) is 0.673. The first-order chi connectivity index (χ1) is 12.1. The van der Waals surface area contributed by atoms with Gasteiger partial charge in [0.2, 0.25) is 17.6 Å². The molecule has 0 aliphatic carbocycles. The van der Waals surface area contributed by atoms with E-state index in [1.165, 1.54) is 12.3 Å². The molecule has 3 heterocycles. The maximum Gasteiger partial charge on any atom is 0.273 e. The van der Waals surface area contributed by atoms with Crippen molar-refractivity contribution in [2.24, 2.45) is 0 Å². The largest absolute Gasteiger partial charge is 0.469 e. The van der Waals surface area contributed by atoms with Crippen LogP contribution in [0.4, 0.5) is 0 Å². The van der Waals surface area contributed by atoms with E-state index in [0.717, 1.165) is 5.56 Å². The predicted molar refractivity (Wildman–Crippen MR) is 84.9 cm³/mol. The number of carbonyl (C=O) groups excluding carboxylic acids is 2. The molecule has 25 heavy (non-hydrogen) atoms. The molecule has 2 amide bonds. The van der Waals surface area contributed by atoms with Gasteiger partial charge in [0.1, 0.15) is 5.76 Å². The lowest BCUT2D eigenvalue weighted by Gasteiger charge is -2.05. The van der Waals surface area contributed by atoms with Crippen LogP contribution in [0, 0.1) is 6.92 Å². The number of hydrazine groups is 1. The molecule has 0 saturated heterocycles. The van der Waals surface area contributed by atoms with Gasteiger partial charge in [-0.3, -0.25) is 25.4 Å². The predicted octanol–water partition coefficient (Wildman–Crippen LogP) is 1.43. The molecule has 0 fully saturated rings. The number of nitrogens with one attached hydrogen (secondary N) is 2. The van der Waals surface area contributed by atoms with Crippen LogP contribution in [-0.2, 0) is 11.2 Å². The summed E-state index contributed by atoms with van der Waals surface area (Å²) in [4.78, 5) is 31.8. The minimum absolute atomic E-state index is 0.0859. The molecule has 0 aliphatic rings. The second-order valence-electron chi connectivity index (χ2n) is 5.14. The van der Waals surface area contributed by atoms with Crippen LogP contribution in [-0.4, -0.2) is 26.9 Å². The number of nitrogens with zero attached hydrogens (tertiary/aromatic N) is 3. The van der Waals surface area contributed by atoms with Gasteiger partial charge < -0.3 is 8.94 Å². The Morgan fingerprint density at radius 3 is 2.68 bits per heavy atom. The lowest BCUT2D eigenvalue weighted by molar-refractivity contribution is -0.121. The first-order valence-electron chi connectivity index (χ1n) is 7.50. The molecular formula is C16H15N5O4. The molecule has 3 aromatic rings. The second kappa shape index (κ2) is 7.39. The minimum Gasteiger partial charge on any atom is -0.469 e. The summed E-state index contributed by atoms with van der Waals surface area (Å²) in [5.74, 6) is 0.414. The molecule has 9 heteroatoms. The molecule has 2 N–H and O–H groups in total. The van der Waals surface area contributed by atoms with Gasteiger partial charge in [-0.2, -0.15) is 4.98 Å². The molecule has 0 spiro atoms. The number of rotatable bonds is 5. The molecule has 0 bridgehead atoms. The van der Waals surface area contributed by atoms with E-state index >= 15 is 0 Å². The van der Waals surface area contributed by atoms with Crippen LogP contribution in [0.15, 0.2) is 45.8 Å². The summed E-state index contributed by atoms with van der Waals surface area (Å²) in [5.41, 5.74) is 5.78. The number of carbonyl (C=O) groups is 2. The topological polar surface area (TPSA) is 123 Å². The van der Waals surface area contributed by atoms with Gasteiger partial charge in [-0.25, -0.2) is 0 Å². The van der Waals surface area contributed by atoms with E-state index in [-0.39, 0.29) is 18.7 Å². The summed E-state index contributed by atoms with van der Waals surface area (Å²) in [6.07, 6.45) is 5.00. The van der Waals surface area contributed by atoms with E-state index in [9.17, 15) is 9.59 Å². The van der Waals surface area contributed by atoms with Crippen LogP contribution in [0.2, 0.25) is 0 Å². The summed E-state index contributed by atoms with van der Waals surface area (Å²) < 4.78 is 10.1. The number of furan rings is 1. The Bertz CT molecular complexity index is 872. The van der Waals surface area contributed by atoms with Crippen LogP contribution in [0.5, 0.6) is 0 Å². The Balaban J connectivity index is 1.47. The SMILES string of the molecule is Cc1occc1C(=O)NNC(=O)CCc1nc(-c2ccncc2)no1. The zero-order chi connectivity index (χ0) is 17.6. The molecular weight excluding hydrogens is 326 g/mol. The van der Waals surface area contributed by atoms with Crippen molar-refractivity contribution in [1.82, 2.24) is 26.0 Å². The van der Waals surface area contributed by atoms with Crippen LogP contribution in [0.1, 0.15) is 28.4 Å². The molecule has 0 aliphatic heterocycles. The Kier molecular flexibility index (Phi) is 4.84. The number of aromatic nitrogens is 3. The second-order valence-corrected chi connectivity index (χ2v) is 5.14. The van der Waals surface area contributed by atoms with E-state index < -0.39 is 5.91 Å². The molecule has 3 aromatic heterocycles. The zero-order valence-corrected chi connectivity index (χ0v) is 13.4. The Morgan fingerprint density at radius 2 is 1.96 bits per heavy atom. The number of hydrogen-bond donors (Lipinski definition) is 2. The van der Waals surface area contributed by atoms with Gasteiger partial charge in [0.05, 0.1) is 11.8 Å². The van der Waals surface area contributed by atoms with Gasteiger partial charge in [0.25, 0.3) is 5.91 Å². The van der Waals surface area contributed by atoms with Crippen molar-refractivity contribution in [1.29, 1.82) is 0 Å².